The Morgan fingerprint density at radius 1 is 1.36 bits per heavy atom. The number of ether oxygens (including phenoxy) is 1. The Morgan fingerprint density at radius 2 is 2.09 bits per heavy atom. The van der Waals surface area contributed by atoms with Crippen molar-refractivity contribution in [1.82, 2.24) is 0 Å². The maximum absolute atomic E-state index is 5.82. The number of hydrogen-bond donors (Lipinski definition) is 0. The number of alkyl halides is 1. The van der Waals surface area contributed by atoms with Crippen molar-refractivity contribution in [3.63, 3.8) is 0 Å². The average Bonchev–Trinajstić information content (AvgIpc) is 2.03. The predicted molar refractivity (Wildman–Crippen MR) is 50.7 cm³/mol. The molecule has 1 nitrogen and oxygen atoms in total. The summed E-state index contributed by atoms with van der Waals surface area (Å²) >= 11 is 9.08. The summed E-state index contributed by atoms with van der Waals surface area (Å²) in [6.45, 7) is 0.643. The smallest absolute Gasteiger partial charge is 0.137 e. The largest absolute Gasteiger partial charge is 0.491 e. The quantitative estimate of drug-likeness (QED) is 0.732. The molecule has 0 radical (unpaired) electrons. The topological polar surface area (TPSA) is 9.23 Å². The van der Waals surface area contributed by atoms with Crippen LogP contribution in [0.2, 0.25) is 5.02 Å². The Bertz CT molecular complexity index is 227. The van der Waals surface area contributed by atoms with Gasteiger partial charge in [-0.15, -0.1) is 0 Å². The molecule has 0 fully saturated rings. The first-order valence-electron chi connectivity index (χ1n) is 3.28. The second-order valence-electron chi connectivity index (χ2n) is 1.97. The molecule has 0 N–H and O–H groups in total. The van der Waals surface area contributed by atoms with E-state index in [1.54, 1.807) is 0 Å². The highest BCUT2D eigenvalue weighted by molar-refractivity contribution is 9.09. The van der Waals surface area contributed by atoms with Crippen molar-refractivity contribution >= 4 is 27.5 Å². The van der Waals surface area contributed by atoms with Crippen molar-refractivity contribution in [3.05, 3.63) is 29.3 Å². The molecule has 11 heavy (non-hydrogen) atoms. The summed E-state index contributed by atoms with van der Waals surface area (Å²) in [7, 11) is 0. The Labute approximate surface area is 79.4 Å². The fraction of sp³-hybridized carbons (Fsp3) is 0.250. The molecule has 0 heterocycles. The van der Waals surface area contributed by atoms with E-state index in [1.807, 2.05) is 24.3 Å². The van der Waals surface area contributed by atoms with Crippen LogP contribution in [0.5, 0.6) is 5.75 Å². The molecular formula is C8H8BrClO. The number of rotatable bonds is 3. The van der Waals surface area contributed by atoms with Crippen LogP contribution in [0, 0.1) is 0 Å². The van der Waals surface area contributed by atoms with E-state index in [2.05, 4.69) is 15.9 Å². The van der Waals surface area contributed by atoms with Crippen LogP contribution in [0.1, 0.15) is 0 Å². The molecule has 1 rings (SSSR count). The first kappa shape index (κ1) is 8.88. The zero-order valence-corrected chi connectivity index (χ0v) is 8.23. The summed E-state index contributed by atoms with van der Waals surface area (Å²) in [4.78, 5) is 0. The third kappa shape index (κ3) is 2.72. The first-order valence-corrected chi connectivity index (χ1v) is 4.78. The van der Waals surface area contributed by atoms with Crippen LogP contribution >= 0.6 is 27.5 Å². The fourth-order valence-corrected chi connectivity index (χ4v) is 1.06. The van der Waals surface area contributed by atoms with Crippen molar-refractivity contribution in [2.45, 2.75) is 0 Å². The van der Waals surface area contributed by atoms with Crippen LogP contribution < -0.4 is 4.74 Å². The van der Waals surface area contributed by atoms with E-state index >= 15 is 0 Å². The predicted octanol–water partition coefficient (Wildman–Crippen LogP) is 3.11. The van der Waals surface area contributed by atoms with Gasteiger partial charge >= 0.3 is 0 Å². The zero-order valence-electron chi connectivity index (χ0n) is 5.89. The van der Waals surface area contributed by atoms with Gasteiger partial charge in [-0.3, -0.25) is 0 Å². The Morgan fingerprint density at radius 3 is 2.73 bits per heavy atom. The number of para-hydroxylation sites is 1. The second kappa shape index (κ2) is 4.62. The van der Waals surface area contributed by atoms with E-state index in [4.69, 9.17) is 16.3 Å². The lowest BCUT2D eigenvalue weighted by atomic mass is 10.3. The minimum absolute atomic E-state index is 0.643. The van der Waals surface area contributed by atoms with Crippen LogP contribution in [0.25, 0.3) is 0 Å². The lowest BCUT2D eigenvalue weighted by molar-refractivity contribution is 0.345. The molecule has 0 aliphatic rings. The Kier molecular flexibility index (Phi) is 3.73. The van der Waals surface area contributed by atoms with Gasteiger partial charge in [-0.2, -0.15) is 0 Å². The molecule has 0 saturated heterocycles. The molecule has 0 unspecified atom stereocenters. The molecule has 0 saturated carbocycles. The van der Waals surface area contributed by atoms with Crippen molar-refractivity contribution in [3.8, 4) is 5.75 Å². The van der Waals surface area contributed by atoms with E-state index in [9.17, 15) is 0 Å². The SMILES string of the molecule is Clc1ccccc1OCCBr. The molecule has 1 aromatic rings. The van der Waals surface area contributed by atoms with E-state index in [1.165, 1.54) is 0 Å². The average molecular weight is 236 g/mol. The van der Waals surface area contributed by atoms with Gasteiger partial charge in [0.15, 0.2) is 0 Å². The van der Waals surface area contributed by atoms with Crippen LogP contribution in [0.4, 0.5) is 0 Å². The lowest BCUT2D eigenvalue weighted by Crippen LogP contribution is -1.97. The van der Waals surface area contributed by atoms with Crippen LogP contribution in [-0.2, 0) is 0 Å². The maximum atomic E-state index is 5.82. The van der Waals surface area contributed by atoms with Crippen molar-refractivity contribution in [1.29, 1.82) is 0 Å². The van der Waals surface area contributed by atoms with Crippen LogP contribution in [0.3, 0.4) is 0 Å². The van der Waals surface area contributed by atoms with Gasteiger partial charge in [-0.1, -0.05) is 39.7 Å². The second-order valence-corrected chi connectivity index (χ2v) is 3.17. The monoisotopic (exact) mass is 234 g/mol. The summed E-state index contributed by atoms with van der Waals surface area (Å²) < 4.78 is 5.31. The van der Waals surface area contributed by atoms with Crippen LogP contribution in [-0.4, -0.2) is 11.9 Å². The fourth-order valence-electron chi connectivity index (χ4n) is 0.710. The molecule has 60 valence electrons. The molecule has 0 amide bonds. The zero-order chi connectivity index (χ0) is 8.10. The van der Waals surface area contributed by atoms with Crippen molar-refractivity contribution in [2.24, 2.45) is 0 Å². The highest BCUT2D eigenvalue weighted by atomic mass is 79.9. The summed E-state index contributed by atoms with van der Waals surface area (Å²) in [6.07, 6.45) is 0. The van der Waals surface area contributed by atoms with Gasteiger partial charge in [0.05, 0.1) is 11.6 Å². The summed E-state index contributed by atoms with van der Waals surface area (Å²) in [6, 6.07) is 7.44. The minimum atomic E-state index is 0.643. The first-order chi connectivity index (χ1) is 5.34. The Hall–Kier alpha value is -0.210. The third-order valence-corrected chi connectivity index (χ3v) is 1.81. The molecular weight excluding hydrogens is 227 g/mol. The highest BCUT2D eigenvalue weighted by Crippen LogP contribution is 2.22. The van der Waals surface area contributed by atoms with Gasteiger partial charge in [-0.25, -0.2) is 0 Å². The van der Waals surface area contributed by atoms with Crippen molar-refractivity contribution in [2.75, 3.05) is 11.9 Å². The maximum Gasteiger partial charge on any atom is 0.137 e. The molecule has 1 aromatic carbocycles. The van der Waals surface area contributed by atoms with Gasteiger partial charge in [0.2, 0.25) is 0 Å². The van der Waals surface area contributed by atoms with E-state index in [0.29, 0.717) is 11.6 Å². The number of hydrogen-bond acceptors (Lipinski definition) is 1. The van der Waals surface area contributed by atoms with E-state index in [0.717, 1.165) is 11.1 Å². The van der Waals surface area contributed by atoms with Crippen molar-refractivity contribution < 1.29 is 4.74 Å². The molecule has 0 aliphatic carbocycles. The summed E-state index contributed by atoms with van der Waals surface area (Å²) in [5.74, 6) is 0.744. The van der Waals surface area contributed by atoms with E-state index < -0.39 is 0 Å². The van der Waals surface area contributed by atoms with Crippen LogP contribution in [0.15, 0.2) is 24.3 Å². The normalized spacial score (nSPS) is 9.64. The lowest BCUT2D eigenvalue weighted by Gasteiger charge is -2.04. The molecule has 0 atom stereocenters. The highest BCUT2D eigenvalue weighted by Gasteiger charge is 1.96. The standard InChI is InChI=1S/C8H8BrClO/c9-5-6-11-8-4-2-1-3-7(8)10/h1-4H,5-6H2. The van der Waals surface area contributed by atoms with Gasteiger partial charge in [-0.05, 0) is 12.1 Å². The molecule has 0 bridgehead atoms. The Balaban J connectivity index is 2.62. The number of halogens is 2. The molecule has 0 aliphatic heterocycles. The molecule has 0 aromatic heterocycles. The minimum Gasteiger partial charge on any atom is -0.491 e. The number of benzene rings is 1. The van der Waals surface area contributed by atoms with Gasteiger partial charge in [0, 0.05) is 5.33 Å². The third-order valence-electron chi connectivity index (χ3n) is 1.17. The summed E-state index contributed by atoms with van der Waals surface area (Å²) in [5.41, 5.74) is 0. The molecule has 0 spiro atoms. The van der Waals surface area contributed by atoms with Gasteiger partial charge < -0.3 is 4.74 Å². The van der Waals surface area contributed by atoms with Gasteiger partial charge in [0.1, 0.15) is 5.75 Å². The van der Waals surface area contributed by atoms with E-state index in [-0.39, 0.29) is 0 Å². The van der Waals surface area contributed by atoms with Gasteiger partial charge in [0.25, 0.3) is 0 Å². The summed E-state index contributed by atoms with van der Waals surface area (Å²) in [5, 5.41) is 1.48. The molecule has 3 heteroatoms.